The fourth-order valence-electron chi connectivity index (χ4n) is 12.2. The molecule has 0 atom stereocenters. The molecule has 0 aromatic carbocycles. The number of rotatable bonds is 68. The van der Waals surface area contributed by atoms with Crippen LogP contribution < -0.4 is 0 Å². The summed E-state index contributed by atoms with van der Waals surface area (Å²) in [4.78, 5) is 11.4. The van der Waals surface area contributed by atoms with Gasteiger partial charge in [-0.05, 0) is 219 Å². The Morgan fingerprint density at radius 2 is 0.372 bits per heavy atom. The highest BCUT2D eigenvalue weighted by molar-refractivity contribution is 4.95. The van der Waals surface area contributed by atoms with Crippen molar-refractivity contribution in [1.82, 2.24) is 19.6 Å². The Morgan fingerprint density at radius 1 is 0.198 bits per heavy atom. The number of nitrogens with zero attached hydrogens (tertiary/aromatic N) is 4. The minimum atomic E-state index is 1.11. The van der Waals surface area contributed by atoms with E-state index in [1.54, 1.807) is 0 Å². The van der Waals surface area contributed by atoms with Gasteiger partial charge in [0.05, 0.1) is 0 Å². The number of hydrogen-bond donors (Lipinski definition) is 0. The quantitative estimate of drug-likeness (QED) is 0.0444. The summed E-state index contributed by atoms with van der Waals surface area (Å²) in [6, 6.07) is 0. The molecule has 0 radical (unpaired) electrons. The summed E-state index contributed by atoms with van der Waals surface area (Å²) in [5.74, 6) is 0. The second-order valence-electron chi connectivity index (χ2n) is 26.4. The Hall–Kier alpha value is -2.24. The lowest BCUT2D eigenvalue weighted by atomic mass is 10.1. The number of allylic oxidation sites excluding steroid dienone is 16. The van der Waals surface area contributed by atoms with Crippen molar-refractivity contribution in [2.45, 2.75) is 349 Å². The Bertz CT molecular complexity index is 1330. The molecule has 0 spiro atoms. The van der Waals surface area contributed by atoms with Gasteiger partial charge >= 0.3 is 0 Å². The van der Waals surface area contributed by atoms with Gasteiger partial charge in [-0.15, -0.1) is 0 Å². The molecule has 0 unspecified atom stereocenters. The molecule has 0 aromatic heterocycles. The standard InChI is InChI=1S/C82H152N4/c1-5-9-13-17-21-25-29-33-37-41-45-49-53-57-61-65-71-83(72-66-62-58-54-50-46-42-38-34-30-26-22-18-14-10-6-2)75-69-77-85-79-81-86(82-80-85)78-70-76-84(73-67-63-59-55-51-47-43-39-35-31-27-23-19-15-11-7-3)74-68-64-60-56-52-48-44-40-36-32-28-24-20-16-12-8-4/h21-28,33-40H,5-20,29-32,41-82H2,1-4H3/b25-21-,26-22-,27-23-,28-24-,37-33-,38-34-,39-35-,40-36-. The number of piperazine rings is 1. The van der Waals surface area contributed by atoms with E-state index >= 15 is 0 Å². The van der Waals surface area contributed by atoms with Crippen LogP contribution in [0.3, 0.4) is 0 Å². The molecule has 0 saturated carbocycles. The lowest BCUT2D eigenvalue weighted by Gasteiger charge is -2.35. The monoisotopic (exact) mass is 1190 g/mol. The van der Waals surface area contributed by atoms with E-state index in [1.165, 1.54) is 374 Å². The summed E-state index contributed by atoms with van der Waals surface area (Å²) in [6.07, 6.45) is 105. The molecule has 0 bridgehead atoms. The average molecular weight is 1190 g/mol. The van der Waals surface area contributed by atoms with Crippen molar-refractivity contribution < 1.29 is 0 Å². The first-order chi connectivity index (χ1) is 42.7. The Balaban J connectivity index is 2.50. The van der Waals surface area contributed by atoms with Gasteiger partial charge < -0.3 is 19.6 Å². The first-order valence-electron chi connectivity index (χ1n) is 38.8. The molecule has 0 N–H and O–H groups in total. The van der Waals surface area contributed by atoms with Gasteiger partial charge in [-0.3, -0.25) is 0 Å². The van der Waals surface area contributed by atoms with Crippen molar-refractivity contribution in [3.8, 4) is 0 Å². The van der Waals surface area contributed by atoms with E-state index in [1.807, 2.05) is 0 Å². The second kappa shape index (κ2) is 71.8. The van der Waals surface area contributed by atoms with Gasteiger partial charge in [0.2, 0.25) is 0 Å². The molecule has 0 amide bonds. The maximum atomic E-state index is 2.88. The average Bonchev–Trinajstić information content (AvgIpc) is 3.56. The van der Waals surface area contributed by atoms with E-state index in [9.17, 15) is 0 Å². The molecule has 1 saturated heterocycles. The third kappa shape index (κ3) is 63.3. The molecule has 0 aromatic rings. The summed E-state index contributed by atoms with van der Waals surface area (Å²) in [6.45, 7) is 24.6. The van der Waals surface area contributed by atoms with Crippen LogP contribution in [0.25, 0.3) is 0 Å². The van der Waals surface area contributed by atoms with Crippen molar-refractivity contribution in [3.05, 3.63) is 97.2 Å². The molecular formula is C82H152N4. The zero-order valence-corrected chi connectivity index (χ0v) is 58.9. The molecule has 1 heterocycles. The highest BCUT2D eigenvalue weighted by atomic mass is 15.3. The zero-order valence-electron chi connectivity index (χ0n) is 58.9. The van der Waals surface area contributed by atoms with Gasteiger partial charge in [-0.1, -0.05) is 279 Å². The van der Waals surface area contributed by atoms with Gasteiger partial charge in [0, 0.05) is 26.2 Å². The maximum absolute atomic E-state index is 2.88. The third-order valence-electron chi connectivity index (χ3n) is 18.1. The van der Waals surface area contributed by atoms with Gasteiger partial charge in [0.25, 0.3) is 0 Å². The Morgan fingerprint density at radius 3 is 0.581 bits per heavy atom. The Labute approximate surface area is 541 Å². The highest BCUT2D eigenvalue weighted by Crippen LogP contribution is 2.16. The maximum Gasteiger partial charge on any atom is 0.0110 e. The molecule has 1 aliphatic rings. The summed E-state index contributed by atoms with van der Waals surface area (Å²) in [5.41, 5.74) is 0. The first kappa shape index (κ1) is 81.8. The summed E-state index contributed by atoms with van der Waals surface area (Å²) >= 11 is 0. The molecule has 4 nitrogen and oxygen atoms in total. The van der Waals surface area contributed by atoms with Crippen LogP contribution >= 0.6 is 0 Å². The topological polar surface area (TPSA) is 13.0 Å². The van der Waals surface area contributed by atoms with Crippen molar-refractivity contribution in [1.29, 1.82) is 0 Å². The van der Waals surface area contributed by atoms with Crippen LogP contribution in [0.15, 0.2) is 97.2 Å². The minimum Gasteiger partial charge on any atom is -0.303 e. The van der Waals surface area contributed by atoms with Crippen molar-refractivity contribution in [2.24, 2.45) is 0 Å². The molecule has 500 valence electrons. The van der Waals surface area contributed by atoms with Gasteiger partial charge in [-0.2, -0.15) is 0 Å². The minimum absolute atomic E-state index is 1.11. The van der Waals surface area contributed by atoms with Gasteiger partial charge in [-0.25, -0.2) is 0 Å². The largest absolute Gasteiger partial charge is 0.303 e. The van der Waals surface area contributed by atoms with E-state index in [4.69, 9.17) is 0 Å². The van der Waals surface area contributed by atoms with E-state index in [-0.39, 0.29) is 0 Å². The molecular weight excluding hydrogens is 1040 g/mol. The number of hydrogen-bond acceptors (Lipinski definition) is 4. The van der Waals surface area contributed by atoms with Crippen LogP contribution in [0, 0.1) is 0 Å². The fourth-order valence-corrected chi connectivity index (χ4v) is 12.2. The zero-order chi connectivity index (χ0) is 61.5. The van der Waals surface area contributed by atoms with E-state index in [0.717, 1.165) is 25.7 Å². The van der Waals surface area contributed by atoms with Crippen molar-refractivity contribution in [3.63, 3.8) is 0 Å². The SMILES string of the molecule is CCCCC/C=C\C/C=C\CCCCCCCCN(CCCCCCCC/C=C\C/C=C\CCCCC)CCCN1CCN(CCCN(CCCCCCCC/C=C\C/C=C\CCCCC)CCCCCCCC/C=C\C/C=C\CCCCC)CC1. The summed E-state index contributed by atoms with van der Waals surface area (Å²) in [7, 11) is 0. The van der Waals surface area contributed by atoms with E-state index < -0.39 is 0 Å². The fraction of sp³-hybridized carbons (Fsp3) is 0.805. The van der Waals surface area contributed by atoms with Crippen molar-refractivity contribution in [2.75, 3.05) is 78.5 Å². The van der Waals surface area contributed by atoms with E-state index in [0.29, 0.717) is 0 Å². The summed E-state index contributed by atoms with van der Waals surface area (Å²) < 4.78 is 0. The summed E-state index contributed by atoms with van der Waals surface area (Å²) in [5, 5.41) is 0. The lowest BCUT2D eigenvalue weighted by Crippen LogP contribution is -2.47. The number of unbranched alkanes of at least 4 members (excludes halogenated alkanes) is 36. The molecule has 1 rings (SSSR count). The first-order valence-corrected chi connectivity index (χ1v) is 38.8. The molecule has 1 aliphatic heterocycles. The third-order valence-corrected chi connectivity index (χ3v) is 18.1. The van der Waals surface area contributed by atoms with Gasteiger partial charge in [0.1, 0.15) is 0 Å². The van der Waals surface area contributed by atoms with Crippen LogP contribution in [0.1, 0.15) is 349 Å². The normalized spacial score (nSPS) is 14.2. The lowest BCUT2D eigenvalue weighted by molar-refractivity contribution is 0.121. The Kier molecular flexibility index (Phi) is 68.3. The van der Waals surface area contributed by atoms with Crippen LogP contribution in [0.5, 0.6) is 0 Å². The molecule has 86 heavy (non-hydrogen) atoms. The smallest absolute Gasteiger partial charge is 0.0110 e. The van der Waals surface area contributed by atoms with Crippen LogP contribution in [-0.2, 0) is 0 Å². The van der Waals surface area contributed by atoms with Crippen molar-refractivity contribution >= 4 is 0 Å². The highest BCUT2D eigenvalue weighted by Gasteiger charge is 2.17. The second-order valence-corrected chi connectivity index (χ2v) is 26.4. The van der Waals surface area contributed by atoms with E-state index in [2.05, 4.69) is 145 Å². The van der Waals surface area contributed by atoms with Crippen LogP contribution in [0.2, 0.25) is 0 Å². The van der Waals surface area contributed by atoms with Crippen LogP contribution in [-0.4, -0.2) is 98.1 Å². The van der Waals surface area contributed by atoms with Gasteiger partial charge in [0.15, 0.2) is 0 Å². The predicted molar refractivity (Wildman–Crippen MR) is 392 cm³/mol. The molecule has 4 heteroatoms. The van der Waals surface area contributed by atoms with Crippen LogP contribution in [0.4, 0.5) is 0 Å². The molecule has 0 aliphatic carbocycles. The molecule has 1 fully saturated rings. The predicted octanol–water partition coefficient (Wildman–Crippen LogP) is 25.2.